The van der Waals surface area contributed by atoms with Crippen LogP contribution in [0.25, 0.3) is 0 Å². The summed E-state index contributed by atoms with van der Waals surface area (Å²) in [6.45, 7) is 3.72. The lowest BCUT2D eigenvalue weighted by Gasteiger charge is -2.22. The van der Waals surface area contributed by atoms with Crippen LogP contribution in [0.15, 0.2) is 53.6 Å². The number of rotatable bonds is 4. The molecule has 2 aliphatic rings. The number of anilines is 2. The number of carbonyl (C=O) groups excluding carboxylic acids is 3. The molecule has 7 nitrogen and oxygen atoms in total. The summed E-state index contributed by atoms with van der Waals surface area (Å²) in [5, 5.41) is 6.22. The van der Waals surface area contributed by atoms with Crippen molar-refractivity contribution in [3.8, 4) is 0 Å². The first kappa shape index (κ1) is 19.1. The number of amides is 2. The Labute approximate surface area is 172 Å². The van der Waals surface area contributed by atoms with Crippen molar-refractivity contribution >= 4 is 46.5 Å². The van der Waals surface area contributed by atoms with Gasteiger partial charge in [0.2, 0.25) is 5.91 Å². The van der Waals surface area contributed by atoms with Gasteiger partial charge in [0, 0.05) is 5.02 Å². The molecule has 2 aliphatic heterocycles. The summed E-state index contributed by atoms with van der Waals surface area (Å²) >= 11 is 5.96. The van der Waals surface area contributed by atoms with E-state index in [4.69, 9.17) is 16.3 Å². The fourth-order valence-electron chi connectivity index (χ4n) is 3.54. The van der Waals surface area contributed by atoms with Gasteiger partial charge >= 0.3 is 5.97 Å². The van der Waals surface area contributed by atoms with Crippen LogP contribution in [0.3, 0.4) is 0 Å². The molecule has 29 heavy (non-hydrogen) atoms. The third kappa shape index (κ3) is 3.17. The van der Waals surface area contributed by atoms with Crippen LogP contribution in [0.1, 0.15) is 12.5 Å². The SMILES string of the molecule is CCOC(=O)C1=NN(c2ccc(Cl)cc2)[C@H]2C(=O)N(c3ccc(C)cc3)C(=O)[C@@H]12. The van der Waals surface area contributed by atoms with Crippen LogP contribution < -0.4 is 9.91 Å². The van der Waals surface area contributed by atoms with Gasteiger partial charge in [-0.1, -0.05) is 29.3 Å². The molecule has 0 unspecified atom stereocenters. The molecule has 4 rings (SSSR count). The highest BCUT2D eigenvalue weighted by molar-refractivity contribution is 6.47. The first-order chi connectivity index (χ1) is 13.9. The molecule has 0 aliphatic carbocycles. The van der Waals surface area contributed by atoms with E-state index in [2.05, 4.69) is 5.10 Å². The van der Waals surface area contributed by atoms with E-state index < -0.39 is 29.7 Å². The number of benzene rings is 2. The zero-order valence-electron chi connectivity index (χ0n) is 15.8. The van der Waals surface area contributed by atoms with Gasteiger partial charge in [0.15, 0.2) is 5.71 Å². The van der Waals surface area contributed by atoms with Gasteiger partial charge in [-0.05, 0) is 50.2 Å². The molecule has 0 saturated carbocycles. The van der Waals surface area contributed by atoms with Crippen molar-refractivity contribution in [3.63, 3.8) is 0 Å². The molecule has 148 valence electrons. The molecule has 2 heterocycles. The predicted octanol–water partition coefficient (Wildman–Crippen LogP) is 2.95. The van der Waals surface area contributed by atoms with E-state index in [1.807, 2.05) is 19.1 Å². The van der Waals surface area contributed by atoms with Crippen LogP contribution in [0.4, 0.5) is 11.4 Å². The third-order valence-electron chi connectivity index (χ3n) is 4.92. The minimum Gasteiger partial charge on any atom is -0.461 e. The second-order valence-electron chi connectivity index (χ2n) is 6.80. The van der Waals surface area contributed by atoms with Gasteiger partial charge in [0.25, 0.3) is 5.91 Å². The van der Waals surface area contributed by atoms with Crippen molar-refractivity contribution in [2.75, 3.05) is 16.5 Å². The van der Waals surface area contributed by atoms with Crippen LogP contribution in [0, 0.1) is 12.8 Å². The average molecular weight is 412 g/mol. The average Bonchev–Trinajstić information content (AvgIpc) is 3.21. The van der Waals surface area contributed by atoms with Crippen LogP contribution in [0.5, 0.6) is 0 Å². The lowest BCUT2D eigenvalue weighted by Crippen LogP contribution is -2.39. The monoisotopic (exact) mass is 411 g/mol. The molecular weight excluding hydrogens is 394 g/mol. The van der Waals surface area contributed by atoms with Gasteiger partial charge in [0.05, 0.1) is 18.0 Å². The number of hydrogen-bond acceptors (Lipinski definition) is 6. The Balaban J connectivity index is 1.78. The lowest BCUT2D eigenvalue weighted by atomic mass is 9.98. The summed E-state index contributed by atoms with van der Waals surface area (Å²) in [5.41, 5.74) is 1.94. The molecule has 0 N–H and O–H groups in total. The van der Waals surface area contributed by atoms with Crippen molar-refractivity contribution in [1.82, 2.24) is 0 Å². The number of hydrazone groups is 1. The van der Waals surface area contributed by atoms with Gasteiger partial charge in [-0.2, -0.15) is 5.10 Å². The first-order valence-electron chi connectivity index (χ1n) is 9.17. The van der Waals surface area contributed by atoms with Crippen LogP contribution >= 0.6 is 11.6 Å². The highest BCUT2D eigenvalue weighted by Crippen LogP contribution is 2.38. The number of imide groups is 1. The van der Waals surface area contributed by atoms with E-state index in [9.17, 15) is 14.4 Å². The number of halogens is 1. The van der Waals surface area contributed by atoms with Gasteiger partial charge in [-0.25, -0.2) is 9.69 Å². The zero-order chi connectivity index (χ0) is 20.7. The lowest BCUT2D eigenvalue weighted by molar-refractivity contribution is -0.136. The van der Waals surface area contributed by atoms with Gasteiger partial charge in [0.1, 0.15) is 12.0 Å². The van der Waals surface area contributed by atoms with E-state index in [0.717, 1.165) is 10.5 Å². The largest absolute Gasteiger partial charge is 0.461 e. The molecule has 0 bridgehead atoms. The fourth-order valence-corrected chi connectivity index (χ4v) is 3.67. The highest BCUT2D eigenvalue weighted by atomic mass is 35.5. The number of carbonyl (C=O) groups is 3. The Morgan fingerprint density at radius 1 is 1.03 bits per heavy atom. The number of fused-ring (bicyclic) bond motifs is 1. The Bertz CT molecular complexity index is 1020. The normalized spacial score (nSPS) is 20.7. The van der Waals surface area contributed by atoms with Crippen molar-refractivity contribution in [2.45, 2.75) is 19.9 Å². The van der Waals surface area contributed by atoms with Gasteiger partial charge in [-0.15, -0.1) is 0 Å². The standard InChI is InChI=1S/C21H18ClN3O4/c1-3-29-21(28)17-16-18(25(23-17)15-10-6-13(22)7-11-15)20(27)24(19(16)26)14-8-4-12(2)5-9-14/h4-11,16,18H,3H2,1-2H3/t16-,18+/m0/s1. The molecule has 0 spiro atoms. The Morgan fingerprint density at radius 2 is 1.66 bits per heavy atom. The number of aryl methyl sites for hydroxylation is 1. The maximum Gasteiger partial charge on any atom is 0.355 e. The molecular formula is C21H18ClN3O4. The fraction of sp³-hybridized carbons (Fsp3) is 0.238. The predicted molar refractivity (Wildman–Crippen MR) is 109 cm³/mol. The summed E-state index contributed by atoms with van der Waals surface area (Å²) < 4.78 is 5.08. The Kier molecular flexibility index (Phi) is 4.84. The number of ether oxygens (including phenoxy) is 1. The van der Waals surface area contributed by atoms with Crippen LogP contribution in [-0.2, 0) is 19.1 Å². The third-order valence-corrected chi connectivity index (χ3v) is 5.17. The van der Waals surface area contributed by atoms with Crippen molar-refractivity contribution in [1.29, 1.82) is 0 Å². The molecule has 1 fully saturated rings. The maximum atomic E-state index is 13.3. The quantitative estimate of drug-likeness (QED) is 0.571. The summed E-state index contributed by atoms with van der Waals surface area (Å²) in [5.74, 6) is -2.67. The van der Waals surface area contributed by atoms with E-state index in [1.54, 1.807) is 43.3 Å². The summed E-state index contributed by atoms with van der Waals surface area (Å²) in [6.07, 6.45) is 0. The summed E-state index contributed by atoms with van der Waals surface area (Å²) in [7, 11) is 0. The topological polar surface area (TPSA) is 79.3 Å². The summed E-state index contributed by atoms with van der Waals surface area (Å²) in [6, 6.07) is 12.8. The van der Waals surface area contributed by atoms with E-state index in [1.165, 1.54) is 5.01 Å². The minimum atomic E-state index is -1.03. The maximum absolute atomic E-state index is 13.3. The van der Waals surface area contributed by atoms with Crippen LogP contribution in [-0.4, -0.2) is 36.1 Å². The van der Waals surface area contributed by atoms with E-state index in [-0.39, 0.29) is 12.3 Å². The minimum absolute atomic E-state index is 0.0697. The second kappa shape index (κ2) is 7.33. The van der Waals surface area contributed by atoms with Gasteiger partial charge in [-0.3, -0.25) is 14.6 Å². The molecule has 8 heteroatoms. The smallest absolute Gasteiger partial charge is 0.355 e. The highest BCUT2D eigenvalue weighted by Gasteiger charge is 2.59. The number of hydrogen-bond donors (Lipinski definition) is 0. The number of nitrogens with zero attached hydrogens (tertiary/aromatic N) is 3. The molecule has 0 aromatic heterocycles. The van der Waals surface area contributed by atoms with Gasteiger partial charge < -0.3 is 4.74 Å². The molecule has 2 atom stereocenters. The Morgan fingerprint density at radius 3 is 2.28 bits per heavy atom. The van der Waals surface area contributed by atoms with E-state index in [0.29, 0.717) is 16.4 Å². The molecule has 1 saturated heterocycles. The van der Waals surface area contributed by atoms with Crippen molar-refractivity contribution in [3.05, 3.63) is 59.1 Å². The molecule has 2 amide bonds. The molecule has 2 aromatic carbocycles. The number of esters is 1. The summed E-state index contributed by atoms with van der Waals surface area (Å²) in [4.78, 5) is 40.1. The van der Waals surface area contributed by atoms with Crippen molar-refractivity contribution in [2.24, 2.45) is 11.0 Å². The first-order valence-corrected chi connectivity index (χ1v) is 9.55. The molecule has 0 radical (unpaired) electrons. The molecule has 2 aromatic rings. The second-order valence-corrected chi connectivity index (χ2v) is 7.23. The van der Waals surface area contributed by atoms with Crippen molar-refractivity contribution < 1.29 is 19.1 Å². The Hall–Kier alpha value is -3.19. The van der Waals surface area contributed by atoms with E-state index >= 15 is 0 Å². The van der Waals surface area contributed by atoms with Crippen LogP contribution in [0.2, 0.25) is 5.02 Å². The zero-order valence-corrected chi connectivity index (χ0v) is 16.6.